The standard InChI is InChI=1S/C17H22N2O/c1-2-17-15(7-9-20-17)12-18-11-13-5-6-16-14(10-13)4-3-8-19-16/h3-6,8,10,15,17-18H,2,7,9,11-12H2,1H3. The second-order valence-corrected chi connectivity index (χ2v) is 5.53. The van der Waals surface area contributed by atoms with E-state index in [1.165, 1.54) is 17.4 Å². The number of aromatic nitrogens is 1. The molecule has 2 atom stereocenters. The van der Waals surface area contributed by atoms with Crippen molar-refractivity contribution < 1.29 is 4.74 Å². The van der Waals surface area contributed by atoms with E-state index in [-0.39, 0.29) is 0 Å². The zero-order chi connectivity index (χ0) is 13.8. The number of hydrogen-bond donors (Lipinski definition) is 1. The van der Waals surface area contributed by atoms with Crippen LogP contribution in [-0.2, 0) is 11.3 Å². The third-order valence-electron chi connectivity index (χ3n) is 4.15. The van der Waals surface area contributed by atoms with E-state index in [9.17, 15) is 0 Å². The summed E-state index contributed by atoms with van der Waals surface area (Å²) in [5, 5.41) is 4.78. The molecule has 2 unspecified atom stereocenters. The van der Waals surface area contributed by atoms with Gasteiger partial charge in [0.15, 0.2) is 0 Å². The monoisotopic (exact) mass is 270 g/mol. The molecule has 0 radical (unpaired) electrons. The molecule has 0 aliphatic carbocycles. The molecule has 1 N–H and O–H groups in total. The smallest absolute Gasteiger partial charge is 0.0702 e. The Kier molecular flexibility index (Phi) is 4.28. The van der Waals surface area contributed by atoms with E-state index in [2.05, 4.69) is 41.5 Å². The highest BCUT2D eigenvalue weighted by Crippen LogP contribution is 2.22. The Morgan fingerprint density at radius 1 is 1.35 bits per heavy atom. The third-order valence-corrected chi connectivity index (χ3v) is 4.15. The van der Waals surface area contributed by atoms with E-state index in [0.717, 1.165) is 31.6 Å². The van der Waals surface area contributed by atoms with Crippen molar-refractivity contribution in [1.29, 1.82) is 0 Å². The Morgan fingerprint density at radius 3 is 3.20 bits per heavy atom. The van der Waals surface area contributed by atoms with Crippen molar-refractivity contribution >= 4 is 10.9 Å². The molecule has 3 heteroatoms. The largest absolute Gasteiger partial charge is 0.378 e. The van der Waals surface area contributed by atoms with Crippen LogP contribution >= 0.6 is 0 Å². The van der Waals surface area contributed by atoms with Crippen LogP contribution in [0.25, 0.3) is 10.9 Å². The molecule has 20 heavy (non-hydrogen) atoms. The number of fused-ring (bicyclic) bond motifs is 1. The van der Waals surface area contributed by atoms with Gasteiger partial charge in [-0.1, -0.05) is 19.1 Å². The first kappa shape index (κ1) is 13.5. The lowest BCUT2D eigenvalue weighted by molar-refractivity contribution is 0.0872. The number of hydrogen-bond acceptors (Lipinski definition) is 3. The van der Waals surface area contributed by atoms with Gasteiger partial charge in [0, 0.05) is 31.3 Å². The molecular formula is C17H22N2O. The lowest BCUT2D eigenvalue weighted by Crippen LogP contribution is -2.27. The Balaban J connectivity index is 1.57. The van der Waals surface area contributed by atoms with E-state index in [4.69, 9.17) is 4.74 Å². The number of nitrogens with zero attached hydrogens (tertiary/aromatic N) is 1. The van der Waals surface area contributed by atoms with Crippen LogP contribution in [0.5, 0.6) is 0 Å². The lowest BCUT2D eigenvalue weighted by atomic mass is 9.99. The van der Waals surface area contributed by atoms with Crippen LogP contribution in [0.15, 0.2) is 36.5 Å². The molecule has 0 spiro atoms. The number of nitrogens with one attached hydrogen (secondary N) is 1. The van der Waals surface area contributed by atoms with Crippen molar-refractivity contribution in [3.05, 3.63) is 42.1 Å². The summed E-state index contributed by atoms with van der Waals surface area (Å²) in [6.07, 6.45) is 4.59. The Hall–Kier alpha value is -1.45. The van der Waals surface area contributed by atoms with Crippen LogP contribution in [0, 0.1) is 5.92 Å². The van der Waals surface area contributed by atoms with E-state index >= 15 is 0 Å². The molecule has 2 aromatic rings. The molecule has 1 aromatic carbocycles. The fraction of sp³-hybridized carbons (Fsp3) is 0.471. The van der Waals surface area contributed by atoms with Crippen LogP contribution in [0.1, 0.15) is 25.3 Å². The average Bonchev–Trinajstić information content (AvgIpc) is 2.95. The minimum absolute atomic E-state index is 0.448. The van der Waals surface area contributed by atoms with Crippen molar-refractivity contribution in [3.63, 3.8) is 0 Å². The maximum atomic E-state index is 5.73. The van der Waals surface area contributed by atoms with E-state index in [0.29, 0.717) is 12.0 Å². The first-order valence-corrected chi connectivity index (χ1v) is 7.53. The van der Waals surface area contributed by atoms with Crippen molar-refractivity contribution in [1.82, 2.24) is 10.3 Å². The van der Waals surface area contributed by atoms with Crippen LogP contribution < -0.4 is 5.32 Å². The zero-order valence-corrected chi connectivity index (χ0v) is 12.0. The molecular weight excluding hydrogens is 248 g/mol. The van der Waals surface area contributed by atoms with E-state index < -0.39 is 0 Å². The molecule has 106 valence electrons. The topological polar surface area (TPSA) is 34.1 Å². The van der Waals surface area contributed by atoms with Crippen LogP contribution in [0.3, 0.4) is 0 Å². The summed E-state index contributed by atoms with van der Waals surface area (Å²) in [5.74, 6) is 0.669. The Labute approximate surface area is 120 Å². The van der Waals surface area contributed by atoms with Gasteiger partial charge in [-0.15, -0.1) is 0 Å². The summed E-state index contributed by atoms with van der Waals surface area (Å²) in [7, 11) is 0. The Morgan fingerprint density at radius 2 is 2.30 bits per heavy atom. The molecule has 3 rings (SSSR count). The first-order chi connectivity index (χ1) is 9.86. The summed E-state index contributed by atoms with van der Waals surface area (Å²) >= 11 is 0. The maximum absolute atomic E-state index is 5.73. The molecule has 1 aliphatic heterocycles. The van der Waals surface area contributed by atoms with Gasteiger partial charge in [-0.2, -0.15) is 0 Å². The molecule has 3 nitrogen and oxygen atoms in total. The summed E-state index contributed by atoms with van der Waals surface area (Å²) in [4.78, 5) is 4.35. The molecule has 1 aliphatic rings. The second kappa shape index (κ2) is 6.33. The van der Waals surface area contributed by atoms with Crippen molar-refractivity contribution in [2.45, 2.75) is 32.4 Å². The zero-order valence-electron chi connectivity index (χ0n) is 12.0. The van der Waals surface area contributed by atoms with Gasteiger partial charge in [-0.25, -0.2) is 0 Å². The van der Waals surface area contributed by atoms with Crippen molar-refractivity contribution in [3.8, 4) is 0 Å². The quantitative estimate of drug-likeness (QED) is 0.906. The average molecular weight is 270 g/mol. The molecule has 0 bridgehead atoms. The minimum atomic E-state index is 0.448. The number of pyridine rings is 1. The molecule has 1 fully saturated rings. The first-order valence-electron chi connectivity index (χ1n) is 7.53. The van der Waals surface area contributed by atoms with Crippen LogP contribution in [0.2, 0.25) is 0 Å². The predicted molar refractivity (Wildman–Crippen MR) is 81.6 cm³/mol. The predicted octanol–water partition coefficient (Wildman–Crippen LogP) is 3.14. The summed E-state index contributed by atoms with van der Waals surface area (Å²) in [5.41, 5.74) is 2.38. The minimum Gasteiger partial charge on any atom is -0.378 e. The maximum Gasteiger partial charge on any atom is 0.0702 e. The number of ether oxygens (including phenoxy) is 1. The van der Waals surface area contributed by atoms with Gasteiger partial charge in [-0.3, -0.25) is 4.98 Å². The fourth-order valence-electron chi connectivity index (χ4n) is 3.01. The summed E-state index contributed by atoms with van der Waals surface area (Å²) < 4.78 is 5.73. The highest BCUT2D eigenvalue weighted by atomic mass is 16.5. The van der Waals surface area contributed by atoms with Gasteiger partial charge in [-0.05, 0) is 42.5 Å². The van der Waals surface area contributed by atoms with E-state index in [1.807, 2.05) is 12.3 Å². The van der Waals surface area contributed by atoms with Crippen molar-refractivity contribution in [2.24, 2.45) is 5.92 Å². The SMILES string of the molecule is CCC1OCCC1CNCc1ccc2ncccc2c1. The van der Waals surface area contributed by atoms with Crippen LogP contribution in [0.4, 0.5) is 0 Å². The van der Waals surface area contributed by atoms with Gasteiger partial charge in [0.1, 0.15) is 0 Å². The molecule has 0 saturated carbocycles. The lowest BCUT2D eigenvalue weighted by Gasteiger charge is -2.17. The van der Waals surface area contributed by atoms with Gasteiger partial charge in [0.05, 0.1) is 11.6 Å². The van der Waals surface area contributed by atoms with Crippen LogP contribution in [-0.4, -0.2) is 24.2 Å². The third kappa shape index (κ3) is 3.00. The summed E-state index contributed by atoms with van der Waals surface area (Å²) in [6, 6.07) is 10.6. The molecule has 0 amide bonds. The number of rotatable bonds is 5. The fourth-order valence-corrected chi connectivity index (χ4v) is 3.01. The molecule has 2 heterocycles. The Bertz CT molecular complexity index is 570. The highest BCUT2D eigenvalue weighted by molar-refractivity contribution is 5.78. The molecule has 1 saturated heterocycles. The highest BCUT2D eigenvalue weighted by Gasteiger charge is 2.25. The normalized spacial score (nSPS) is 22.4. The van der Waals surface area contributed by atoms with Gasteiger partial charge in [0.2, 0.25) is 0 Å². The second-order valence-electron chi connectivity index (χ2n) is 5.53. The number of benzene rings is 1. The van der Waals surface area contributed by atoms with Crippen molar-refractivity contribution in [2.75, 3.05) is 13.2 Å². The van der Waals surface area contributed by atoms with Gasteiger partial charge < -0.3 is 10.1 Å². The van der Waals surface area contributed by atoms with Gasteiger partial charge >= 0.3 is 0 Å². The van der Waals surface area contributed by atoms with E-state index in [1.54, 1.807) is 0 Å². The van der Waals surface area contributed by atoms with Gasteiger partial charge in [0.25, 0.3) is 0 Å². The molecule has 1 aromatic heterocycles. The summed E-state index contributed by atoms with van der Waals surface area (Å²) in [6.45, 7) is 5.09.